The molecular formula is C27H23N3O2S. The normalized spacial score (nSPS) is 10.5. The Kier molecular flexibility index (Phi) is 6.82. The number of hydrogen-bond acceptors (Lipinski definition) is 5. The van der Waals surface area contributed by atoms with E-state index in [0.717, 1.165) is 40.2 Å². The van der Waals surface area contributed by atoms with Crippen molar-refractivity contribution in [2.24, 2.45) is 0 Å². The lowest BCUT2D eigenvalue weighted by atomic mass is 10.0. The van der Waals surface area contributed by atoms with Gasteiger partial charge in [-0.15, -0.1) is 11.3 Å². The van der Waals surface area contributed by atoms with Gasteiger partial charge in [0.05, 0.1) is 23.0 Å². The second kappa shape index (κ2) is 10.1. The second-order valence-electron chi connectivity index (χ2n) is 7.46. The van der Waals surface area contributed by atoms with Crippen LogP contribution in [0.15, 0.2) is 78.2 Å². The molecule has 0 aliphatic heterocycles. The van der Waals surface area contributed by atoms with Crippen LogP contribution in [0.1, 0.15) is 30.7 Å². The molecule has 0 spiro atoms. The Labute approximate surface area is 197 Å². The van der Waals surface area contributed by atoms with E-state index in [4.69, 9.17) is 10.00 Å². The lowest BCUT2D eigenvalue weighted by Crippen LogP contribution is -2.23. The van der Waals surface area contributed by atoms with Crippen LogP contribution in [0.25, 0.3) is 11.1 Å². The standard InChI is InChI=1S/C27H23N3O2S/c1-3-21-6-4-5-7-26(21)30(19(2)31)27-29-24(18-33-27)17-32-25-14-12-23(13-15-25)22-10-8-20(16-28)9-11-22/h4-15,18H,3,17H2,1-2H3. The van der Waals surface area contributed by atoms with E-state index >= 15 is 0 Å². The monoisotopic (exact) mass is 453 g/mol. The van der Waals surface area contributed by atoms with Gasteiger partial charge < -0.3 is 4.74 Å². The van der Waals surface area contributed by atoms with Crippen LogP contribution >= 0.6 is 11.3 Å². The average Bonchev–Trinajstić information content (AvgIpc) is 3.32. The SMILES string of the molecule is CCc1ccccc1N(C(C)=O)c1nc(COc2ccc(-c3ccc(C#N)cc3)cc2)cs1. The maximum absolute atomic E-state index is 12.4. The number of thiazole rings is 1. The number of anilines is 2. The maximum Gasteiger partial charge on any atom is 0.230 e. The van der Waals surface area contributed by atoms with Gasteiger partial charge in [-0.05, 0) is 53.4 Å². The minimum absolute atomic E-state index is 0.0730. The number of carbonyl (C=O) groups excluding carboxylic acids is 1. The number of benzene rings is 3. The number of hydrogen-bond donors (Lipinski definition) is 0. The van der Waals surface area contributed by atoms with Crippen molar-refractivity contribution >= 4 is 28.1 Å². The Morgan fingerprint density at radius 1 is 1.03 bits per heavy atom. The smallest absolute Gasteiger partial charge is 0.230 e. The van der Waals surface area contributed by atoms with Crippen molar-refractivity contribution in [3.05, 3.63) is 95.0 Å². The van der Waals surface area contributed by atoms with Gasteiger partial charge in [0.25, 0.3) is 0 Å². The van der Waals surface area contributed by atoms with Gasteiger partial charge in [0, 0.05) is 12.3 Å². The third-order valence-corrected chi connectivity index (χ3v) is 6.12. The highest BCUT2D eigenvalue weighted by Gasteiger charge is 2.20. The van der Waals surface area contributed by atoms with Crippen LogP contribution in [0.4, 0.5) is 10.8 Å². The topological polar surface area (TPSA) is 66.2 Å². The molecule has 0 N–H and O–H groups in total. The summed E-state index contributed by atoms with van der Waals surface area (Å²) in [6.07, 6.45) is 0.833. The summed E-state index contributed by atoms with van der Waals surface area (Å²) >= 11 is 1.43. The largest absolute Gasteiger partial charge is 0.487 e. The molecule has 0 unspecified atom stereocenters. The third kappa shape index (κ3) is 5.11. The molecule has 1 amide bonds. The summed E-state index contributed by atoms with van der Waals surface area (Å²) in [7, 11) is 0. The van der Waals surface area contributed by atoms with Gasteiger partial charge in [0.2, 0.25) is 5.91 Å². The third-order valence-electron chi connectivity index (χ3n) is 5.25. The molecule has 1 heterocycles. The molecule has 4 aromatic rings. The molecule has 164 valence electrons. The van der Waals surface area contributed by atoms with Crippen molar-refractivity contribution in [2.75, 3.05) is 4.90 Å². The van der Waals surface area contributed by atoms with Crippen molar-refractivity contribution in [3.8, 4) is 22.9 Å². The molecule has 4 rings (SSSR count). The van der Waals surface area contributed by atoms with Gasteiger partial charge in [0.1, 0.15) is 12.4 Å². The molecule has 0 saturated carbocycles. The summed E-state index contributed by atoms with van der Waals surface area (Å²) < 4.78 is 5.92. The van der Waals surface area contributed by atoms with E-state index in [1.165, 1.54) is 11.3 Å². The minimum Gasteiger partial charge on any atom is -0.487 e. The first-order chi connectivity index (χ1) is 16.1. The fourth-order valence-corrected chi connectivity index (χ4v) is 4.40. The van der Waals surface area contributed by atoms with E-state index in [-0.39, 0.29) is 5.91 Å². The Morgan fingerprint density at radius 3 is 2.33 bits per heavy atom. The lowest BCUT2D eigenvalue weighted by Gasteiger charge is -2.21. The number of nitrogens with zero attached hydrogens (tertiary/aromatic N) is 3. The van der Waals surface area contributed by atoms with Gasteiger partial charge in [-0.2, -0.15) is 5.26 Å². The van der Waals surface area contributed by atoms with Crippen molar-refractivity contribution < 1.29 is 9.53 Å². The van der Waals surface area contributed by atoms with E-state index in [1.54, 1.807) is 11.8 Å². The van der Waals surface area contributed by atoms with Crippen LogP contribution in [-0.2, 0) is 17.8 Å². The average molecular weight is 454 g/mol. The highest BCUT2D eigenvalue weighted by Crippen LogP contribution is 2.32. The molecule has 0 aliphatic rings. The molecule has 0 fully saturated rings. The van der Waals surface area contributed by atoms with E-state index in [9.17, 15) is 4.79 Å². The van der Waals surface area contributed by atoms with Crippen molar-refractivity contribution in [2.45, 2.75) is 26.9 Å². The molecule has 0 atom stereocenters. The fourth-order valence-electron chi connectivity index (χ4n) is 3.54. The van der Waals surface area contributed by atoms with E-state index < -0.39 is 0 Å². The van der Waals surface area contributed by atoms with Crippen LogP contribution in [0, 0.1) is 11.3 Å². The molecule has 0 saturated heterocycles. The number of para-hydroxylation sites is 1. The van der Waals surface area contributed by atoms with Gasteiger partial charge in [-0.3, -0.25) is 9.69 Å². The summed E-state index contributed by atoms with van der Waals surface area (Å²) in [4.78, 5) is 18.8. The highest BCUT2D eigenvalue weighted by atomic mass is 32.1. The van der Waals surface area contributed by atoms with Crippen LogP contribution in [-0.4, -0.2) is 10.9 Å². The number of amides is 1. The van der Waals surface area contributed by atoms with Crippen molar-refractivity contribution in [3.63, 3.8) is 0 Å². The molecular weight excluding hydrogens is 430 g/mol. The fraction of sp³-hybridized carbons (Fsp3) is 0.148. The first-order valence-corrected chi connectivity index (χ1v) is 11.5. The first-order valence-electron chi connectivity index (χ1n) is 10.7. The first kappa shape index (κ1) is 22.3. The molecule has 0 radical (unpaired) electrons. The summed E-state index contributed by atoms with van der Waals surface area (Å²) in [5.41, 5.74) is 5.47. The molecule has 33 heavy (non-hydrogen) atoms. The van der Waals surface area contributed by atoms with E-state index in [1.807, 2.05) is 78.2 Å². The predicted molar refractivity (Wildman–Crippen MR) is 132 cm³/mol. The quantitative estimate of drug-likeness (QED) is 0.320. The second-order valence-corrected chi connectivity index (χ2v) is 8.30. The number of aromatic nitrogens is 1. The zero-order valence-electron chi connectivity index (χ0n) is 18.5. The minimum atomic E-state index is -0.0730. The van der Waals surface area contributed by atoms with E-state index in [2.05, 4.69) is 18.0 Å². The lowest BCUT2D eigenvalue weighted by molar-refractivity contribution is -0.115. The molecule has 5 nitrogen and oxygen atoms in total. The molecule has 0 bridgehead atoms. The zero-order chi connectivity index (χ0) is 23.2. The zero-order valence-corrected chi connectivity index (χ0v) is 19.3. The maximum atomic E-state index is 12.4. The van der Waals surface area contributed by atoms with Crippen LogP contribution in [0.3, 0.4) is 0 Å². The van der Waals surface area contributed by atoms with Crippen molar-refractivity contribution in [1.82, 2.24) is 4.98 Å². The predicted octanol–water partition coefficient (Wildman–Crippen LogP) is 6.51. The Bertz CT molecular complexity index is 1290. The summed E-state index contributed by atoms with van der Waals surface area (Å²) in [5, 5.41) is 11.5. The number of nitriles is 1. The molecule has 6 heteroatoms. The number of carbonyl (C=O) groups is 1. The highest BCUT2D eigenvalue weighted by molar-refractivity contribution is 7.14. The van der Waals surface area contributed by atoms with Gasteiger partial charge in [0.15, 0.2) is 5.13 Å². The number of aryl methyl sites for hydroxylation is 1. The van der Waals surface area contributed by atoms with Crippen molar-refractivity contribution in [1.29, 1.82) is 5.26 Å². The van der Waals surface area contributed by atoms with Gasteiger partial charge in [-0.1, -0.05) is 49.4 Å². The Morgan fingerprint density at radius 2 is 1.70 bits per heavy atom. The van der Waals surface area contributed by atoms with Gasteiger partial charge in [-0.25, -0.2) is 4.98 Å². The van der Waals surface area contributed by atoms with Crippen LogP contribution < -0.4 is 9.64 Å². The summed E-state index contributed by atoms with van der Waals surface area (Å²) in [5.74, 6) is 0.665. The summed E-state index contributed by atoms with van der Waals surface area (Å²) in [6, 6.07) is 25.3. The molecule has 0 aliphatic carbocycles. The van der Waals surface area contributed by atoms with E-state index in [0.29, 0.717) is 17.3 Å². The molecule has 3 aromatic carbocycles. The Hall–Kier alpha value is -3.95. The number of rotatable bonds is 7. The summed E-state index contributed by atoms with van der Waals surface area (Å²) in [6.45, 7) is 3.94. The van der Waals surface area contributed by atoms with Gasteiger partial charge >= 0.3 is 0 Å². The van der Waals surface area contributed by atoms with Crippen LogP contribution in [0.5, 0.6) is 5.75 Å². The Balaban J connectivity index is 1.45. The number of ether oxygens (including phenoxy) is 1. The molecule has 1 aromatic heterocycles. The van der Waals surface area contributed by atoms with Crippen LogP contribution in [0.2, 0.25) is 0 Å².